The third-order valence-electron chi connectivity index (χ3n) is 3.33. The van der Waals surface area contributed by atoms with Gasteiger partial charge in [0.25, 0.3) is 0 Å². The van der Waals surface area contributed by atoms with Crippen LogP contribution in [0.2, 0.25) is 0 Å². The van der Waals surface area contributed by atoms with Gasteiger partial charge in [0.15, 0.2) is 5.82 Å². The molecule has 0 spiro atoms. The molecule has 0 bridgehead atoms. The highest BCUT2D eigenvalue weighted by Gasteiger charge is 2.11. The molecule has 0 aliphatic rings. The SMILES string of the molecule is Nc1nc(-c2cc3ccccc3s2)nc2cc(F)ccc12. The van der Waals surface area contributed by atoms with E-state index >= 15 is 0 Å². The summed E-state index contributed by atoms with van der Waals surface area (Å²) >= 11 is 1.60. The number of nitrogens with zero attached hydrogens (tertiary/aromatic N) is 2. The van der Waals surface area contributed by atoms with Crippen molar-refractivity contribution in [2.75, 3.05) is 5.73 Å². The molecule has 5 heteroatoms. The number of hydrogen-bond acceptors (Lipinski definition) is 4. The summed E-state index contributed by atoms with van der Waals surface area (Å²) in [7, 11) is 0. The van der Waals surface area contributed by atoms with Gasteiger partial charge in [-0.15, -0.1) is 11.3 Å². The Morgan fingerprint density at radius 2 is 1.86 bits per heavy atom. The third kappa shape index (κ3) is 2.02. The van der Waals surface area contributed by atoms with Crippen molar-refractivity contribution >= 4 is 38.1 Å². The van der Waals surface area contributed by atoms with Gasteiger partial charge in [-0.2, -0.15) is 0 Å². The first-order valence-corrected chi connectivity index (χ1v) is 7.24. The number of benzene rings is 2. The lowest BCUT2D eigenvalue weighted by Crippen LogP contribution is -1.97. The Morgan fingerprint density at radius 1 is 1.00 bits per heavy atom. The maximum absolute atomic E-state index is 13.4. The molecule has 0 amide bonds. The van der Waals surface area contributed by atoms with Gasteiger partial charge >= 0.3 is 0 Å². The van der Waals surface area contributed by atoms with Gasteiger partial charge in [0.05, 0.1) is 10.4 Å². The molecule has 0 aliphatic carbocycles. The molecule has 3 nitrogen and oxygen atoms in total. The highest BCUT2D eigenvalue weighted by Crippen LogP contribution is 2.33. The number of thiophene rings is 1. The van der Waals surface area contributed by atoms with Crippen LogP contribution in [0.3, 0.4) is 0 Å². The van der Waals surface area contributed by atoms with Gasteiger partial charge < -0.3 is 5.73 Å². The van der Waals surface area contributed by atoms with Gasteiger partial charge in [-0.05, 0) is 29.7 Å². The lowest BCUT2D eigenvalue weighted by molar-refractivity contribution is 0.629. The normalized spacial score (nSPS) is 11.3. The van der Waals surface area contributed by atoms with E-state index in [1.807, 2.05) is 30.3 Å². The zero-order valence-corrected chi connectivity index (χ0v) is 11.7. The number of hydrogen-bond donors (Lipinski definition) is 1. The van der Waals surface area contributed by atoms with E-state index in [9.17, 15) is 4.39 Å². The number of anilines is 1. The summed E-state index contributed by atoms with van der Waals surface area (Å²) in [5.41, 5.74) is 6.49. The van der Waals surface area contributed by atoms with Crippen molar-refractivity contribution in [3.63, 3.8) is 0 Å². The second-order valence-corrected chi connectivity index (χ2v) is 5.83. The molecule has 0 aliphatic heterocycles. The summed E-state index contributed by atoms with van der Waals surface area (Å²) < 4.78 is 14.5. The van der Waals surface area contributed by atoms with Gasteiger partial charge in [0.2, 0.25) is 0 Å². The van der Waals surface area contributed by atoms with E-state index in [0.717, 1.165) is 15.0 Å². The zero-order chi connectivity index (χ0) is 14.4. The van der Waals surface area contributed by atoms with Crippen LogP contribution in [-0.4, -0.2) is 9.97 Å². The molecule has 102 valence electrons. The Bertz CT molecular complexity index is 945. The van der Waals surface area contributed by atoms with Gasteiger partial charge in [-0.3, -0.25) is 0 Å². The minimum Gasteiger partial charge on any atom is -0.383 e. The minimum absolute atomic E-state index is 0.331. The number of rotatable bonds is 1. The third-order valence-corrected chi connectivity index (χ3v) is 4.45. The van der Waals surface area contributed by atoms with E-state index in [4.69, 9.17) is 5.73 Å². The molecule has 0 radical (unpaired) electrons. The lowest BCUT2D eigenvalue weighted by atomic mass is 10.2. The smallest absolute Gasteiger partial charge is 0.172 e. The fourth-order valence-electron chi connectivity index (χ4n) is 2.33. The Balaban J connectivity index is 1.97. The summed E-state index contributed by atoms with van der Waals surface area (Å²) in [5, 5.41) is 1.81. The van der Waals surface area contributed by atoms with Crippen molar-refractivity contribution in [2.24, 2.45) is 0 Å². The summed E-state index contributed by atoms with van der Waals surface area (Å²) in [6.07, 6.45) is 0. The molecule has 0 saturated heterocycles. The molecule has 2 N–H and O–H groups in total. The van der Waals surface area contributed by atoms with Crippen LogP contribution >= 0.6 is 11.3 Å². The van der Waals surface area contributed by atoms with E-state index in [2.05, 4.69) is 9.97 Å². The van der Waals surface area contributed by atoms with E-state index in [1.165, 1.54) is 12.1 Å². The highest BCUT2D eigenvalue weighted by molar-refractivity contribution is 7.22. The second kappa shape index (κ2) is 4.49. The van der Waals surface area contributed by atoms with E-state index in [1.54, 1.807) is 17.4 Å². The molecule has 4 aromatic rings. The molecular weight excluding hydrogens is 285 g/mol. The van der Waals surface area contributed by atoms with Crippen LogP contribution in [-0.2, 0) is 0 Å². The fourth-order valence-corrected chi connectivity index (χ4v) is 3.33. The van der Waals surface area contributed by atoms with Crippen LogP contribution in [0, 0.1) is 5.82 Å². The fraction of sp³-hybridized carbons (Fsp3) is 0. The number of nitrogen functional groups attached to an aromatic ring is 1. The van der Waals surface area contributed by atoms with Crippen molar-refractivity contribution in [2.45, 2.75) is 0 Å². The Hall–Kier alpha value is -2.53. The van der Waals surface area contributed by atoms with E-state index in [0.29, 0.717) is 22.5 Å². The van der Waals surface area contributed by atoms with Crippen molar-refractivity contribution < 1.29 is 4.39 Å². The monoisotopic (exact) mass is 295 g/mol. The van der Waals surface area contributed by atoms with Crippen LogP contribution in [0.4, 0.5) is 10.2 Å². The van der Waals surface area contributed by atoms with Gasteiger partial charge in [-0.25, -0.2) is 14.4 Å². The predicted octanol–water partition coefficient (Wildman–Crippen LogP) is 4.23. The molecule has 0 atom stereocenters. The molecule has 0 saturated carbocycles. The topological polar surface area (TPSA) is 51.8 Å². The van der Waals surface area contributed by atoms with Gasteiger partial charge in [0.1, 0.15) is 11.6 Å². The molecule has 0 fully saturated rings. The molecule has 2 aromatic heterocycles. The number of fused-ring (bicyclic) bond motifs is 2. The Labute approximate surface area is 123 Å². The first-order chi connectivity index (χ1) is 10.2. The average Bonchev–Trinajstić information content (AvgIpc) is 2.90. The zero-order valence-electron chi connectivity index (χ0n) is 10.9. The first kappa shape index (κ1) is 12.2. The van der Waals surface area contributed by atoms with Gasteiger partial charge in [-0.1, -0.05) is 18.2 Å². The quantitative estimate of drug-likeness (QED) is 0.571. The predicted molar refractivity (Wildman–Crippen MR) is 84.7 cm³/mol. The molecule has 21 heavy (non-hydrogen) atoms. The number of nitrogens with two attached hydrogens (primary N) is 1. The summed E-state index contributed by atoms with van der Waals surface area (Å²) in [6.45, 7) is 0. The van der Waals surface area contributed by atoms with Crippen LogP contribution in [0.25, 0.3) is 31.7 Å². The molecular formula is C16H10FN3S. The molecule has 2 aromatic carbocycles. The summed E-state index contributed by atoms with van der Waals surface area (Å²) in [6, 6.07) is 14.4. The van der Waals surface area contributed by atoms with Crippen LogP contribution in [0.5, 0.6) is 0 Å². The van der Waals surface area contributed by atoms with Crippen LogP contribution < -0.4 is 5.73 Å². The largest absolute Gasteiger partial charge is 0.383 e. The van der Waals surface area contributed by atoms with E-state index in [-0.39, 0.29) is 5.82 Å². The standard InChI is InChI=1S/C16H10FN3S/c17-10-5-6-11-12(8-10)19-16(20-15(11)18)14-7-9-3-1-2-4-13(9)21-14/h1-8H,(H2,18,19,20). The maximum Gasteiger partial charge on any atom is 0.172 e. The van der Waals surface area contributed by atoms with Crippen LogP contribution in [0.15, 0.2) is 48.5 Å². The molecule has 0 unspecified atom stereocenters. The Morgan fingerprint density at radius 3 is 2.71 bits per heavy atom. The van der Waals surface area contributed by atoms with Crippen molar-refractivity contribution in [3.05, 3.63) is 54.3 Å². The summed E-state index contributed by atoms with van der Waals surface area (Å²) in [4.78, 5) is 9.72. The number of aromatic nitrogens is 2. The lowest BCUT2D eigenvalue weighted by Gasteiger charge is -2.03. The molecule has 2 heterocycles. The Kier molecular flexibility index (Phi) is 2.62. The van der Waals surface area contributed by atoms with Gasteiger partial charge in [0, 0.05) is 16.2 Å². The highest BCUT2D eigenvalue weighted by atomic mass is 32.1. The first-order valence-electron chi connectivity index (χ1n) is 6.42. The van der Waals surface area contributed by atoms with E-state index < -0.39 is 0 Å². The van der Waals surface area contributed by atoms with Crippen molar-refractivity contribution in [1.29, 1.82) is 0 Å². The molecule has 4 rings (SSSR count). The summed E-state index contributed by atoms with van der Waals surface area (Å²) in [5.74, 6) is 0.571. The van der Waals surface area contributed by atoms with Crippen molar-refractivity contribution in [3.8, 4) is 10.7 Å². The number of halogens is 1. The average molecular weight is 295 g/mol. The minimum atomic E-state index is -0.331. The maximum atomic E-state index is 13.4. The second-order valence-electron chi connectivity index (χ2n) is 4.74. The van der Waals surface area contributed by atoms with Crippen LogP contribution in [0.1, 0.15) is 0 Å². The van der Waals surface area contributed by atoms with Crippen molar-refractivity contribution in [1.82, 2.24) is 9.97 Å².